The fourth-order valence-corrected chi connectivity index (χ4v) is 13.1. The average molecular weight is 2090 g/mol. The van der Waals surface area contributed by atoms with E-state index in [2.05, 4.69) is 98.6 Å². The molecule has 0 amide bonds. The number of nitriles is 1. The van der Waals surface area contributed by atoms with E-state index in [1.807, 2.05) is 391 Å². The van der Waals surface area contributed by atoms with E-state index in [1.54, 1.807) is 76.7 Å². The van der Waals surface area contributed by atoms with Crippen LogP contribution in [0.4, 0.5) is 119 Å². The van der Waals surface area contributed by atoms with Crippen molar-refractivity contribution in [2.24, 2.45) is 156 Å². The summed E-state index contributed by atoms with van der Waals surface area (Å²) >= 11 is 3.10. The van der Waals surface area contributed by atoms with Gasteiger partial charge in [-0.25, -0.2) is 36.7 Å². The molecular formula is C92H122Cl7N35O4S2. The van der Waals surface area contributed by atoms with Crippen molar-refractivity contribution in [1.29, 1.82) is 5.26 Å². The number of hydrogen-bond donors (Lipinski definition) is 3. The van der Waals surface area contributed by atoms with Crippen LogP contribution in [0.1, 0.15) is 33.6 Å². The molecule has 39 nitrogen and oxygen atoms in total. The Kier molecular flexibility index (Phi) is 54.7. The number of anilines is 7. The summed E-state index contributed by atoms with van der Waals surface area (Å²) in [5, 5.41) is 86.7. The first-order valence-corrected chi connectivity index (χ1v) is 43.3. The van der Waals surface area contributed by atoms with Crippen LogP contribution < -0.4 is 164 Å². The lowest BCUT2D eigenvalue weighted by Crippen LogP contribution is -3.00. The van der Waals surface area contributed by atoms with Gasteiger partial charge >= 0.3 is 33.9 Å². The lowest BCUT2D eigenvalue weighted by molar-refractivity contribution is -0.750. The highest BCUT2D eigenvalue weighted by Crippen LogP contribution is 2.37. The number of thiazole rings is 2. The maximum atomic E-state index is 11.2. The first-order chi connectivity index (χ1) is 63.5. The summed E-state index contributed by atoms with van der Waals surface area (Å²) in [4.78, 5) is 21.3. The maximum Gasteiger partial charge on any atom is 0.421 e. The smallest absolute Gasteiger partial charge is 0.421 e. The summed E-state index contributed by atoms with van der Waals surface area (Å²) in [6.45, 7) is 4.63. The van der Waals surface area contributed by atoms with Gasteiger partial charge in [0.2, 0.25) is 12.1 Å². The second-order valence-electron chi connectivity index (χ2n) is 30.9. The number of imidazole rings is 2. The van der Waals surface area contributed by atoms with Gasteiger partial charge in [-0.15, -0.1) is 24.3 Å². The zero-order chi connectivity index (χ0) is 97.1. The van der Waals surface area contributed by atoms with Gasteiger partial charge < -0.3 is 137 Å². The number of nitrogen functional groups attached to an aromatic ring is 2. The van der Waals surface area contributed by atoms with Crippen LogP contribution in [0.3, 0.4) is 0 Å². The molecule has 14 aromatic rings. The van der Waals surface area contributed by atoms with Crippen molar-refractivity contribution in [2.75, 3.05) is 120 Å². The molecule has 0 saturated carbocycles. The Bertz CT molecular complexity index is 6360. The monoisotopic (exact) mass is 2090 g/mol. The predicted molar refractivity (Wildman–Crippen MR) is 520 cm³/mol. The van der Waals surface area contributed by atoms with Crippen LogP contribution in [-0.4, -0.2) is 124 Å². The molecule has 0 atom stereocenters. The molecule has 0 aliphatic carbocycles. The Labute approximate surface area is 869 Å². The first kappa shape index (κ1) is 124. The molecule has 0 aliphatic rings. The predicted octanol–water partition coefficient (Wildman–Crippen LogP) is -4.56. The molecular weight excluding hydrogens is 1970 g/mol. The number of aldehydes is 1. The van der Waals surface area contributed by atoms with Gasteiger partial charge in [-0.3, -0.25) is 4.79 Å². The Balaban J connectivity index is 0.000000811. The zero-order valence-electron chi connectivity index (χ0n) is 83.0. The van der Waals surface area contributed by atoms with E-state index < -0.39 is 0 Å². The number of azo groups is 7. The lowest BCUT2D eigenvalue weighted by Gasteiger charge is -2.17. The number of aryl methyl sites for hydroxylation is 11. The Hall–Kier alpha value is -13.7. The van der Waals surface area contributed by atoms with Gasteiger partial charge in [-0.05, 0) is 190 Å². The number of benzene rings is 7. The molecule has 5 N–H and O–H groups in total. The molecule has 7 aromatic carbocycles. The van der Waals surface area contributed by atoms with Crippen LogP contribution in [0.25, 0.3) is 0 Å². The van der Waals surface area contributed by atoms with Crippen LogP contribution in [0.2, 0.25) is 0 Å². The Morgan fingerprint density at radius 2 is 0.914 bits per heavy atom. The lowest BCUT2D eigenvalue weighted by atomic mass is 10.1. The second-order valence-corrected chi connectivity index (χ2v) is 32.6. The summed E-state index contributed by atoms with van der Waals surface area (Å²) in [5.41, 5.74) is 26.4. The van der Waals surface area contributed by atoms with Gasteiger partial charge in [0.05, 0.1) is 172 Å². The molecule has 7 aromatic heterocycles. The molecule has 7 heterocycles. The molecule has 750 valence electrons. The average Bonchev–Trinajstić information content (AvgIpc) is 1.17. The summed E-state index contributed by atoms with van der Waals surface area (Å²) in [6, 6.07) is 49.9. The van der Waals surface area contributed by atoms with Crippen molar-refractivity contribution >= 4 is 148 Å². The van der Waals surface area contributed by atoms with E-state index in [-0.39, 0.29) is 93.5 Å². The van der Waals surface area contributed by atoms with Crippen molar-refractivity contribution < 1.29 is 138 Å². The topological polar surface area (TPSA) is 386 Å². The fraction of sp³-hybridized carbons (Fsp3) is 0.304. The standard InChI is InChI=1S/C15H22N5O.C14H16N5S.C14H20N5.C13H17N6O.C13H17N5O2.C13H18N5.C10H10N4S.7ClH/c1-11-9-13(18(2)3)14(21-6)10-12(11)16-17-15-19(4)7-8-20(15)5;1-18(9-3-8-15)13-6-4-12(5-7-13)16-17-14-19(2)10-11-20-14;1-11-10-14(19(5)18(11)4)16-15-12-6-8-13(9-7-12)17(2)3;1-17(2)11-5-6-12(10(7-11)8-20)15-16-13-18(3)9-14-19(13)4;1-17-4-5-18(2)13(17)16-15-11-7-12(20-3)10(14)6-9(11)8-19;1-16(2)12-7-5-11(6-8-12)14-15-13-9-10-17(3)18(13)4;1-14-6-7-15-10(14)13-12-9-4-2-8(11)3-5-9;;;;;;;/h7-10H,1-6H3;4-7,10-11H,3,9H2,1-2H3;6-10H,1-5H3;5-9H,1-4H3;4-7,14,19H,8H2,1-3H3;5-10H,1-4H3;2-7,11H,1H3;7*1H/q4*+1;;+1;;;;;;;;/p-5. The number of aromatic nitrogens is 13. The number of carbonyl (C=O) groups excluding carboxylic acids is 1. The van der Waals surface area contributed by atoms with Crippen molar-refractivity contribution in [3.63, 3.8) is 0 Å². The Morgan fingerprint density at radius 3 is 1.31 bits per heavy atom. The summed E-state index contributed by atoms with van der Waals surface area (Å²) in [7, 11) is 44.1. The number of rotatable bonds is 25. The Morgan fingerprint density at radius 1 is 0.464 bits per heavy atom. The maximum absolute atomic E-state index is 11.2. The largest absolute Gasteiger partial charge is 1.00 e. The zero-order valence-corrected chi connectivity index (χ0v) is 89.9. The van der Waals surface area contributed by atoms with Crippen molar-refractivity contribution in [3.8, 4) is 17.6 Å². The number of ether oxygens (including phenoxy) is 2. The number of nitrogens with two attached hydrogens (primary N) is 2. The molecule has 0 fully saturated rings. The van der Waals surface area contributed by atoms with Gasteiger partial charge in [0.1, 0.15) is 65.1 Å². The van der Waals surface area contributed by atoms with Gasteiger partial charge in [-0.1, -0.05) is 15.3 Å². The van der Waals surface area contributed by atoms with Crippen LogP contribution in [-0.2, 0) is 91.2 Å². The van der Waals surface area contributed by atoms with Crippen molar-refractivity contribution in [2.45, 2.75) is 26.9 Å². The molecule has 0 spiro atoms. The molecule has 140 heavy (non-hydrogen) atoms. The quantitative estimate of drug-likeness (QED) is 0.0210. The number of hydrogen-bond acceptors (Lipinski definition) is 29. The molecule has 0 saturated heterocycles. The van der Waals surface area contributed by atoms with E-state index in [0.717, 1.165) is 120 Å². The number of halogens is 7. The van der Waals surface area contributed by atoms with Gasteiger partial charge in [0.25, 0.3) is 0 Å². The summed E-state index contributed by atoms with van der Waals surface area (Å²) < 4.78 is 33.2. The minimum Gasteiger partial charge on any atom is -1.00 e. The second kappa shape index (κ2) is 61.6. The first-order valence-electron chi connectivity index (χ1n) is 41.6. The molecule has 0 unspecified atom stereocenters. The van der Waals surface area contributed by atoms with Gasteiger partial charge in [-0.2, -0.15) is 9.94 Å². The molecule has 0 radical (unpaired) electrons. The molecule has 14 rings (SSSR count). The third kappa shape index (κ3) is 36.9. The fourth-order valence-electron chi connectivity index (χ4n) is 11.7. The minimum atomic E-state index is -0.165. The number of aliphatic hydroxyl groups excluding tert-OH is 1. The summed E-state index contributed by atoms with van der Waals surface area (Å²) in [6.07, 6.45) is 16.4. The van der Waals surface area contributed by atoms with Crippen LogP contribution >= 0.6 is 22.7 Å². The minimum absolute atomic E-state index is 0. The number of aliphatic hydroxyl groups is 1. The molecule has 0 bridgehead atoms. The summed E-state index contributed by atoms with van der Waals surface area (Å²) in [5.74, 6) is 5.03. The highest BCUT2D eigenvalue weighted by molar-refractivity contribution is 7.13. The highest BCUT2D eigenvalue weighted by atomic mass is 35.5. The van der Waals surface area contributed by atoms with Crippen molar-refractivity contribution in [3.05, 3.63) is 235 Å². The number of nitrogens with zero attached hydrogens (tertiary/aromatic N) is 33. The molecule has 48 heteroatoms. The van der Waals surface area contributed by atoms with Gasteiger partial charge in [0, 0.05) is 155 Å². The van der Waals surface area contributed by atoms with Crippen molar-refractivity contribution in [1.82, 2.24) is 28.3 Å². The van der Waals surface area contributed by atoms with Crippen LogP contribution in [0.5, 0.6) is 11.5 Å². The van der Waals surface area contributed by atoms with E-state index in [1.165, 1.54) is 7.11 Å². The number of carbonyl (C=O) groups is 1. The van der Waals surface area contributed by atoms with Crippen LogP contribution in [0.15, 0.2) is 284 Å². The van der Waals surface area contributed by atoms with E-state index in [4.69, 9.17) is 26.2 Å². The number of methoxy groups -OCH3 is 2. The van der Waals surface area contributed by atoms with Crippen LogP contribution in [0, 0.1) is 25.2 Å². The van der Waals surface area contributed by atoms with Gasteiger partial charge in [0.15, 0.2) is 19.5 Å². The SMILES string of the molecule is CN(C)c1ccc(N=Nc2cc[n+](C)n2C)cc1.CN(C)c1ccc(N=Nc2n(C)nc[n+]2C)c(C=O)c1.CN(CCC#N)c1ccc(N=Nc2scc[n+]2C)cc1.COc1cc(N=Nc2n(C)cc[n+]2C)c(C)cc1N(C)C.COc1cc(N=Nc2n(C)cc[n+]2C)c(CO)cc1N.C[n+]1ccsc1N=Nc1ccc(N)cc1.Cc1cc(N=Nc2ccc(N(C)C)cc2)[n+](C)n1C.[Cl-].[Cl-].[Cl-].[Cl-].[Cl-].[Cl-].[Cl-]. The van der Waals surface area contributed by atoms with E-state index in [9.17, 15) is 9.90 Å². The highest BCUT2D eigenvalue weighted by Gasteiger charge is 2.20. The van der Waals surface area contributed by atoms with E-state index in [0.29, 0.717) is 52.3 Å². The third-order valence-electron chi connectivity index (χ3n) is 20.2. The van der Waals surface area contributed by atoms with E-state index >= 15 is 0 Å². The third-order valence-corrected chi connectivity index (χ3v) is 21.9. The normalized spacial score (nSPS) is 10.5. The molecule has 0 aliphatic heterocycles.